The molecule has 1 amide bonds. The molecule has 1 aromatic rings. The number of rotatable bonds is 9. The highest BCUT2D eigenvalue weighted by atomic mass is 16.5. The van der Waals surface area contributed by atoms with Gasteiger partial charge in [-0.2, -0.15) is 0 Å². The van der Waals surface area contributed by atoms with E-state index in [1.54, 1.807) is 0 Å². The summed E-state index contributed by atoms with van der Waals surface area (Å²) in [6, 6.07) is 8.74. The highest BCUT2D eigenvalue weighted by Crippen LogP contribution is 2.26. The lowest BCUT2D eigenvalue weighted by molar-refractivity contribution is -0.135. The molecule has 0 bridgehead atoms. The van der Waals surface area contributed by atoms with Crippen LogP contribution in [0.4, 0.5) is 0 Å². The van der Waals surface area contributed by atoms with Crippen LogP contribution in [0.3, 0.4) is 0 Å². The third-order valence-electron chi connectivity index (χ3n) is 5.84. The first-order valence-corrected chi connectivity index (χ1v) is 12.2. The van der Waals surface area contributed by atoms with E-state index in [1.165, 1.54) is 5.56 Å². The van der Waals surface area contributed by atoms with Crippen molar-refractivity contribution in [1.82, 2.24) is 15.5 Å². The van der Waals surface area contributed by atoms with Crippen molar-refractivity contribution in [2.45, 2.75) is 72.8 Å². The summed E-state index contributed by atoms with van der Waals surface area (Å²) in [6.07, 6.45) is 1.90. The Morgan fingerprint density at radius 2 is 1.78 bits per heavy atom. The third-order valence-corrected chi connectivity index (χ3v) is 5.84. The fourth-order valence-electron chi connectivity index (χ4n) is 3.76. The highest BCUT2D eigenvalue weighted by molar-refractivity contribution is 5.80. The molecule has 0 saturated carbocycles. The molecule has 1 aliphatic rings. The molecule has 0 unspecified atom stereocenters. The number of carbonyl (C=O) groups is 1. The van der Waals surface area contributed by atoms with Crippen molar-refractivity contribution in [2.24, 2.45) is 16.8 Å². The van der Waals surface area contributed by atoms with Gasteiger partial charge in [0.1, 0.15) is 5.75 Å². The van der Waals surface area contributed by atoms with Crippen LogP contribution in [0.25, 0.3) is 0 Å². The number of amides is 1. The predicted molar refractivity (Wildman–Crippen MR) is 133 cm³/mol. The SMILES string of the molecule is CCNC(=NCC(C)(C)c1ccc(OCC(C)C)cc1)NC1CCN(C(=O)C(C)C)CC1. The Kier molecular flexibility index (Phi) is 9.85. The van der Waals surface area contributed by atoms with Crippen molar-refractivity contribution < 1.29 is 9.53 Å². The number of guanidine groups is 1. The Hall–Kier alpha value is -2.24. The number of likely N-dealkylation sites (tertiary alicyclic amines) is 1. The van der Waals surface area contributed by atoms with E-state index in [0.29, 0.717) is 18.5 Å². The van der Waals surface area contributed by atoms with Gasteiger partial charge in [-0.25, -0.2) is 0 Å². The number of piperidine rings is 1. The van der Waals surface area contributed by atoms with Crippen LogP contribution in [0.5, 0.6) is 5.75 Å². The van der Waals surface area contributed by atoms with E-state index in [1.807, 2.05) is 18.7 Å². The lowest BCUT2D eigenvalue weighted by atomic mass is 9.85. The number of aliphatic imine (C=N–C) groups is 1. The van der Waals surface area contributed by atoms with Crippen molar-refractivity contribution >= 4 is 11.9 Å². The van der Waals surface area contributed by atoms with E-state index >= 15 is 0 Å². The largest absolute Gasteiger partial charge is 0.493 e. The summed E-state index contributed by atoms with van der Waals surface area (Å²) in [5.74, 6) is 2.60. The van der Waals surface area contributed by atoms with Crippen LogP contribution < -0.4 is 15.4 Å². The fourth-order valence-corrected chi connectivity index (χ4v) is 3.76. The zero-order valence-corrected chi connectivity index (χ0v) is 21.2. The number of benzene rings is 1. The van der Waals surface area contributed by atoms with Crippen LogP contribution in [-0.2, 0) is 10.2 Å². The summed E-state index contributed by atoms with van der Waals surface area (Å²) in [5, 5.41) is 6.97. The number of ether oxygens (including phenoxy) is 1. The zero-order chi connectivity index (χ0) is 23.7. The molecule has 0 aromatic heterocycles. The summed E-state index contributed by atoms with van der Waals surface area (Å²) >= 11 is 0. The number of hydrogen-bond donors (Lipinski definition) is 2. The molecular formula is C26H44N4O2. The summed E-state index contributed by atoms with van der Waals surface area (Å²) in [5.41, 5.74) is 1.15. The highest BCUT2D eigenvalue weighted by Gasteiger charge is 2.25. The Morgan fingerprint density at radius 1 is 1.16 bits per heavy atom. The number of nitrogens with zero attached hydrogens (tertiary/aromatic N) is 2. The summed E-state index contributed by atoms with van der Waals surface area (Å²) in [7, 11) is 0. The van der Waals surface area contributed by atoms with Crippen LogP contribution in [0.1, 0.15) is 66.9 Å². The molecule has 2 N–H and O–H groups in total. The molecule has 1 aliphatic heterocycles. The maximum Gasteiger partial charge on any atom is 0.225 e. The second kappa shape index (κ2) is 12.1. The van der Waals surface area contributed by atoms with Crippen molar-refractivity contribution in [3.05, 3.63) is 29.8 Å². The molecule has 0 atom stereocenters. The molecule has 1 saturated heterocycles. The van der Waals surface area contributed by atoms with Crippen LogP contribution in [-0.4, -0.2) is 55.6 Å². The van der Waals surface area contributed by atoms with E-state index < -0.39 is 0 Å². The Bertz CT molecular complexity index is 733. The van der Waals surface area contributed by atoms with Crippen LogP contribution in [0.15, 0.2) is 29.3 Å². The van der Waals surface area contributed by atoms with Crippen molar-refractivity contribution in [3.8, 4) is 5.75 Å². The molecule has 0 spiro atoms. The molecule has 0 aliphatic carbocycles. The van der Waals surface area contributed by atoms with Crippen molar-refractivity contribution in [3.63, 3.8) is 0 Å². The van der Waals surface area contributed by atoms with Gasteiger partial charge >= 0.3 is 0 Å². The quantitative estimate of drug-likeness (QED) is 0.442. The second-order valence-electron chi connectivity index (χ2n) is 10.2. The minimum absolute atomic E-state index is 0.0662. The maximum atomic E-state index is 12.2. The number of nitrogens with one attached hydrogen (secondary N) is 2. The van der Waals surface area contributed by atoms with Crippen molar-refractivity contribution in [1.29, 1.82) is 0 Å². The smallest absolute Gasteiger partial charge is 0.225 e. The Morgan fingerprint density at radius 3 is 2.31 bits per heavy atom. The van der Waals surface area contributed by atoms with E-state index in [9.17, 15) is 4.79 Å². The molecule has 6 nitrogen and oxygen atoms in total. The van der Waals surface area contributed by atoms with Gasteiger partial charge in [0.25, 0.3) is 0 Å². The van der Waals surface area contributed by atoms with Gasteiger partial charge in [0.05, 0.1) is 13.2 Å². The van der Waals surface area contributed by atoms with E-state index in [4.69, 9.17) is 9.73 Å². The fraction of sp³-hybridized carbons (Fsp3) is 0.692. The molecule has 1 aromatic carbocycles. The van der Waals surface area contributed by atoms with E-state index in [2.05, 4.69) is 69.5 Å². The molecule has 0 radical (unpaired) electrons. The summed E-state index contributed by atoms with van der Waals surface area (Å²) in [4.78, 5) is 19.1. The Labute approximate surface area is 195 Å². The number of hydrogen-bond acceptors (Lipinski definition) is 3. The second-order valence-corrected chi connectivity index (χ2v) is 10.2. The molecule has 1 fully saturated rings. The standard InChI is InChI=1S/C26H44N4O2/c1-8-27-25(29-22-13-15-30(16-14-22)24(31)20(4)5)28-18-26(6,7)21-9-11-23(12-10-21)32-17-19(2)3/h9-12,19-20,22H,8,13-18H2,1-7H3,(H2,27,28,29). The molecule has 180 valence electrons. The first kappa shape index (κ1) is 26.0. The van der Waals surface area contributed by atoms with Gasteiger partial charge in [-0.1, -0.05) is 53.7 Å². The first-order valence-electron chi connectivity index (χ1n) is 12.2. The minimum Gasteiger partial charge on any atom is -0.493 e. The average molecular weight is 445 g/mol. The van der Waals surface area contributed by atoms with Crippen molar-refractivity contribution in [2.75, 3.05) is 32.8 Å². The van der Waals surface area contributed by atoms with Gasteiger partial charge in [-0.05, 0) is 43.4 Å². The van der Waals surface area contributed by atoms with E-state index in [0.717, 1.165) is 50.8 Å². The third kappa shape index (κ3) is 8.03. The van der Waals surface area contributed by atoms with Gasteiger partial charge in [-0.15, -0.1) is 0 Å². The number of carbonyl (C=O) groups excluding carboxylic acids is 1. The molecule has 32 heavy (non-hydrogen) atoms. The minimum atomic E-state index is -0.0913. The predicted octanol–water partition coefficient (Wildman–Crippen LogP) is 4.20. The van der Waals surface area contributed by atoms with Gasteiger partial charge in [-0.3, -0.25) is 9.79 Å². The maximum absolute atomic E-state index is 12.2. The normalized spacial score (nSPS) is 15.9. The summed E-state index contributed by atoms with van der Waals surface area (Å²) < 4.78 is 5.81. The van der Waals surface area contributed by atoms with Crippen LogP contribution in [0, 0.1) is 11.8 Å². The topological polar surface area (TPSA) is 66.0 Å². The molecule has 2 rings (SSSR count). The van der Waals surface area contributed by atoms with Gasteiger partial charge < -0.3 is 20.3 Å². The lowest BCUT2D eigenvalue weighted by Crippen LogP contribution is -2.50. The first-order chi connectivity index (χ1) is 15.1. The van der Waals surface area contributed by atoms with Gasteiger partial charge in [0.15, 0.2) is 5.96 Å². The monoisotopic (exact) mass is 444 g/mol. The Balaban J connectivity index is 1.94. The van der Waals surface area contributed by atoms with E-state index in [-0.39, 0.29) is 17.2 Å². The molecular weight excluding hydrogens is 400 g/mol. The van der Waals surface area contributed by atoms with Crippen LogP contribution >= 0.6 is 0 Å². The zero-order valence-electron chi connectivity index (χ0n) is 21.2. The molecule has 6 heteroatoms. The lowest BCUT2D eigenvalue weighted by Gasteiger charge is -2.34. The summed E-state index contributed by atoms with van der Waals surface area (Å²) in [6.45, 7) is 18.6. The van der Waals surface area contributed by atoms with Gasteiger partial charge in [0, 0.05) is 37.0 Å². The molecule has 1 heterocycles. The average Bonchev–Trinajstić information content (AvgIpc) is 2.76. The van der Waals surface area contributed by atoms with Crippen LogP contribution in [0.2, 0.25) is 0 Å². The van der Waals surface area contributed by atoms with Gasteiger partial charge in [0.2, 0.25) is 5.91 Å².